The molecule has 0 spiro atoms. The molecule has 0 saturated carbocycles. The predicted molar refractivity (Wildman–Crippen MR) is 184 cm³/mol. The van der Waals surface area contributed by atoms with Crippen LogP contribution in [0.25, 0.3) is 56.7 Å². The van der Waals surface area contributed by atoms with E-state index in [4.69, 9.17) is 8.83 Å². The normalized spacial score (nSPS) is 11.6. The molecule has 4 heteroatoms. The summed E-state index contributed by atoms with van der Waals surface area (Å²) >= 11 is 0. The summed E-state index contributed by atoms with van der Waals surface area (Å²) in [7, 11) is 0. The maximum Gasteiger partial charge on any atom is 0.200 e. The fourth-order valence-electron chi connectivity index (χ4n) is 4.80. The summed E-state index contributed by atoms with van der Waals surface area (Å²) in [6.45, 7) is 8.34. The Hall–Kier alpha value is -5.22. The first-order valence-corrected chi connectivity index (χ1v) is 14.9. The number of hydrogen-bond acceptors (Lipinski definition) is 4. The minimum Gasteiger partial charge on any atom is -0.455 e. The van der Waals surface area contributed by atoms with Crippen molar-refractivity contribution < 1.29 is 8.83 Å². The van der Waals surface area contributed by atoms with Gasteiger partial charge in [0.25, 0.3) is 0 Å². The van der Waals surface area contributed by atoms with Crippen molar-refractivity contribution in [2.75, 3.05) is 0 Å². The third-order valence-corrected chi connectivity index (χ3v) is 7.03. The van der Waals surface area contributed by atoms with Crippen molar-refractivity contribution in [2.24, 2.45) is 11.8 Å². The summed E-state index contributed by atoms with van der Waals surface area (Å²) in [5.41, 5.74) is 4.30. The maximum atomic E-state index is 12.8. The highest BCUT2D eigenvalue weighted by Crippen LogP contribution is 2.28. The lowest BCUT2D eigenvalue weighted by Gasteiger charge is -2.08. The van der Waals surface area contributed by atoms with Crippen LogP contribution >= 0.6 is 0 Å². The SMILES string of the molecule is CC(C)/C=C/c1c(-c2ccccc2)oc2ccccc2c1=O.CC(C)/C=C/c1c(-c2ccccc2)oc2ccccc2c1=O. The molecule has 0 fully saturated rings. The molecular weight excluding hydrogens is 544 g/mol. The van der Waals surface area contributed by atoms with Gasteiger partial charge in [-0.15, -0.1) is 0 Å². The van der Waals surface area contributed by atoms with Gasteiger partial charge >= 0.3 is 0 Å². The van der Waals surface area contributed by atoms with Crippen LogP contribution in [0.1, 0.15) is 38.8 Å². The van der Waals surface area contributed by atoms with Crippen LogP contribution in [-0.4, -0.2) is 0 Å². The Morgan fingerprint density at radius 2 is 0.818 bits per heavy atom. The number of para-hydroxylation sites is 2. The topological polar surface area (TPSA) is 60.4 Å². The zero-order chi connectivity index (χ0) is 31.1. The molecule has 4 aromatic carbocycles. The van der Waals surface area contributed by atoms with Crippen LogP contribution in [0.15, 0.2) is 140 Å². The van der Waals surface area contributed by atoms with Gasteiger partial charge < -0.3 is 8.83 Å². The summed E-state index contributed by atoms with van der Waals surface area (Å²) in [6, 6.07) is 34.3. The highest BCUT2D eigenvalue weighted by molar-refractivity contribution is 5.85. The van der Waals surface area contributed by atoms with Gasteiger partial charge in [-0.05, 0) is 36.1 Å². The van der Waals surface area contributed by atoms with Crippen molar-refractivity contribution >= 4 is 34.1 Å². The highest BCUT2D eigenvalue weighted by Gasteiger charge is 2.15. The molecule has 0 radical (unpaired) electrons. The molecule has 2 heterocycles. The number of benzene rings is 4. The molecule has 4 nitrogen and oxygen atoms in total. The lowest BCUT2D eigenvalue weighted by molar-refractivity contribution is 0.617. The van der Waals surface area contributed by atoms with Gasteiger partial charge in [0.05, 0.1) is 21.9 Å². The molecule has 0 aliphatic rings. The Balaban J connectivity index is 0.000000175. The molecule has 0 unspecified atom stereocenters. The third-order valence-electron chi connectivity index (χ3n) is 7.03. The van der Waals surface area contributed by atoms with Gasteiger partial charge in [0.2, 0.25) is 10.9 Å². The Kier molecular flexibility index (Phi) is 9.51. The van der Waals surface area contributed by atoms with Crippen molar-refractivity contribution in [1.82, 2.24) is 0 Å². The van der Waals surface area contributed by atoms with E-state index in [-0.39, 0.29) is 10.9 Å². The molecule has 0 atom stereocenters. The molecular formula is C40H36O4. The van der Waals surface area contributed by atoms with Crippen LogP contribution in [-0.2, 0) is 0 Å². The average molecular weight is 581 g/mol. The van der Waals surface area contributed by atoms with E-state index in [1.807, 2.05) is 133 Å². The van der Waals surface area contributed by atoms with Crippen LogP contribution in [0.5, 0.6) is 0 Å². The van der Waals surface area contributed by atoms with E-state index in [0.717, 1.165) is 11.1 Å². The Labute approximate surface area is 257 Å². The summed E-state index contributed by atoms with van der Waals surface area (Å²) in [4.78, 5) is 25.6. The van der Waals surface area contributed by atoms with Gasteiger partial charge in [0, 0.05) is 11.1 Å². The van der Waals surface area contributed by atoms with E-state index < -0.39 is 0 Å². The zero-order valence-corrected chi connectivity index (χ0v) is 25.5. The maximum absolute atomic E-state index is 12.8. The standard InChI is InChI=1S/2C20H18O2/c2*1-14(2)12-13-17-19(21)16-10-6-7-11-18(16)22-20(17)15-8-4-3-5-9-15/h2*3-14H,1-2H3/b2*13-12+. The molecule has 6 rings (SSSR count). The number of hydrogen-bond donors (Lipinski definition) is 0. The smallest absolute Gasteiger partial charge is 0.200 e. The van der Waals surface area contributed by atoms with E-state index in [1.165, 1.54) is 0 Å². The van der Waals surface area contributed by atoms with Crippen molar-refractivity contribution in [2.45, 2.75) is 27.7 Å². The molecule has 0 bridgehead atoms. The van der Waals surface area contributed by atoms with Crippen molar-refractivity contribution in [3.8, 4) is 22.6 Å². The lowest BCUT2D eigenvalue weighted by Crippen LogP contribution is -2.07. The molecule has 0 amide bonds. The van der Waals surface area contributed by atoms with Gasteiger partial charge in [-0.3, -0.25) is 9.59 Å². The van der Waals surface area contributed by atoms with Gasteiger partial charge in [-0.2, -0.15) is 0 Å². The van der Waals surface area contributed by atoms with E-state index in [2.05, 4.69) is 27.7 Å². The highest BCUT2D eigenvalue weighted by atomic mass is 16.3. The van der Waals surface area contributed by atoms with Crippen molar-refractivity contribution in [3.05, 3.63) is 153 Å². The molecule has 220 valence electrons. The van der Waals surface area contributed by atoms with Crippen LogP contribution in [0.4, 0.5) is 0 Å². The Bertz CT molecular complexity index is 1890. The van der Waals surface area contributed by atoms with Gasteiger partial charge in [0.15, 0.2) is 0 Å². The predicted octanol–water partition coefficient (Wildman–Crippen LogP) is 10.3. The molecule has 0 saturated heterocycles. The fraction of sp³-hybridized carbons (Fsp3) is 0.150. The average Bonchev–Trinajstić information content (AvgIpc) is 3.04. The second-order valence-corrected chi connectivity index (χ2v) is 11.3. The summed E-state index contributed by atoms with van der Waals surface area (Å²) in [5, 5.41) is 1.23. The molecule has 0 aliphatic carbocycles. The second kappa shape index (κ2) is 13.8. The quantitative estimate of drug-likeness (QED) is 0.197. The van der Waals surface area contributed by atoms with Crippen molar-refractivity contribution in [3.63, 3.8) is 0 Å². The molecule has 2 aromatic heterocycles. The number of fused-ring (bicyclic) bond motifs is 2. The van der Waals surface area contributed by atoms with E-state index in [0.29, 0.717) is 56.4 Å². The lowest BCUT2D eigenvalue weighted by atomic mass is 10.0. The minimum atomic E-state index is 0.0117. The first-order valence-electron chi connectivity index (χ1n) is 14.9. The molecule has 44 heavy (non-hydrogen) atoms. The van der Waals surface area contributed by atoms with Crippen LogP contribution in [0, 0.1) is 11.8 Å². The first-order chi connectivity index (χ1) is 21.3. The molecule has 0 N–H and O–H groups in total. The van der Waals surface area contributed by atoms with E-state index in [9.17, 15) is 9.59 Å². The zero-order valence-electron chi connectivity index (χ0n) is 25.5. The van der Waals surface area contributed by atoms with Crippen molar-refractivity contribution in [1.29, 1.82) is 0 Å². The van der Waals surface area contributed by atoms with Crippen LogP contribution < -0.4 is 10.9 Å². The van der Waals surface area contributed by atoms with Gasteiger partial charge in [0.1, 0.15) is 22.7 Å². The number of allylic oxidation sites excluding steroid dienone is 2. The summed E-state index contributed by atoms with van der Waals surface area (Å²) < 4.78 is 12.1. The second-order valence-electron chi connectivity index (χ2n) is 11.3. The first kappa shape index (κ1) is 30.2. The minimum absolute atomic E-state index is 0.0117. The van der Waals surface area contributed by atoms with Gasteiger partial charge in [-0.1, -0.05) is 137 Å². The third kappa shape index (κ3) is 6.87. The van der Waals surface area contributed by atoms with Gasteiger partial charge in [-0.25, -0.2) is 0 Å². The molecule has 0 aliphatic heterocycles. The van der Waals surface area contributed by atoms with Crippen LogP contribution in [0.3, 0.4) is 0 Å². The Morgan fingerprint density at radius 1 is 0.477 bits per heavy atom. The van der Waals surface area contributed by atoms with Crippen LogP contribution in [0.2, 0.25) is 0 Å². The van der Waals surface area contributed by atoms with E-state index >= 15 is 0 Å². The summed E-state index contributed by atoms with van der Waals surface area (Å²) in [5.74, 6) is 1.99. The Morgan fingerprint density at radius 3 is 1.18 bits per heavy atom. The largest absolute Gasteiger partial charge is 0.455 e. The monoisotopic (exact) mass is 580 g/mol. The fourth-order valence-corrected chi connectivity index (χ4v) is 4.80. The molecule has 6 aromatic rings. The van der Waals surface area contributed by atoms with E-state index in [1.54, 1.807) is 0 Å². The number of rotatable bonds is 6. The summed E-state index contributed by atoms with van der Waals surface area (Å²) in [6.07, 6.45) is 7.80.